The maximum atomic E-state index is 12.9. The highest BCUT2D eigenvalue weighted by Crippen LogP contribution is 2.15. The molecule has 1 aromatic rings. The van der Waals surface area contributed by atoms with E-state index in [1.807, 2.05) is 20.8 Å². The van der Waals surface area contributed by atoms with Crippen molar-refractivity contribution in [2.75, 3.05) is 26.2 Å². The Hall–Kier alpha value is -1.44. The van der Waals surface area contributed by atoms with E-state index < -0.39 is 16.1 Å². The highest BCUT2D eigenvalue weighted by atomic mass is 32.2. The molecule has 2 N–H and O–H groups in total. The molecule has 2 rings (SSSR count). The van der Waals surface area contributed by atoms with Crippen molar-refractivity contribution < 1.29 is 13.2 Å². The van der Waals surface area contributed by atoms with Crippen molar-refractivity contribution >= 4 is 15.9 Å². The molecule has 1 atom stereocenters. The second kappa shape index (κ2) is 8.78. The first-order valence-electron chi connectivity index (χ1n) is 8.88. The number of nitrogens with one attached hydrogen (secondary N) is 2. The van der Waals surface area contributed by atoms with E-state index in [1.54, 1.807) is 29.2 Å². The smallest absolute Gasteiger partial charge is 0.241 e. The van der Waals surface area contributed by atoms with Crippen molar-refractivity contribution in [3.8, 4) is 0 Å². The van der Waals surface area contributed by atoms with Gasteiger partial charge < -0.3 is 10.2 Å². The summed E-state index contributed by atoms with van der Waals surface area (Å²) in [4.78, 5) is 14.9. The number of rotatable bonds is 6. The SMILES string of the molecule is Cc1ccc(S(=O)(=O)NC(CC(C)C)C(=O)N2CCCNCC2)cc1. The Kier molecular flexibility index (Phi) is 6.98. The number of amides is 1. The number of aryl methyl sites for hydroxylation is 1. The first-order valence-corrected chi connectivity index (χ1v) is 10.4. The van der Waals surface area contributed by atoms with Gasteiger partial charge in [-0.1, -0.05) is 31.5 Å². The molecule has 25 heavy (non-hydrogen) atoms. The van der Waals surface area contributed by atoms with Gasteiger partial charge in [-0.3, -0.25) is 4.79 Å². The van der Waals surface area contributed by atoms with Crippen LogP contribution < -0.4 is 10.0 Å². The molecular weight excluding hydrogens is 338 g/mol. The predicted octanol–water partition coefficient (Wildman–Crippen LogP) is 1.51. The summed E-state index contributed by atoms with van der Waals surface area (Å²) in [5.74, 6) is 0.0767. The Morgan fingerprint density at radius 2 is 1.88 bits per heavy atom. The lowest BCUT2D eigenvalue weighted by Crippen LogP contribution is -2.49. The van der Waals surface area contributed by atoms with Crippen molar-refractivity contribution in [2.24, 2.45) is 5.92 Å². The Bertz CT molecular complexity index is 663. The van der Waals surface area contributed by atoms with Crippen molar-refractivity contribution in [1.82, 2.24) is 14.9 Å². The van der Waals surface area contributed by atoms with Gasteiger partial charge in [0, 0.05) is 19.6 Å². The van der Waals surface area contributed by atoms with Crippen LogP contribution >= 0.6 is 0 Å². The van der Waals surface area contributed by atoms with Gasteiger partial charge in [0.05, 0.1) is 4.90 Å². The highest BCUT2D eigenvalue weighted by molar-refractivity contribution is 7.89. The second-order valence-electron chi connectivity index (χ2n) is 7.05. The molecule has 1 heterocycles. The summed E-state index contributed by atoms with van der Waals surface area (Å²) in [6.45, 7) is 8.78. The number of benzene rings is 1. The van der Waals surface area contributed by atoms with Crippen molar-refractivity contribution in [3.63, 3.8) is 0 Å². The van der Waals surface area contributed by atoms with Crippen LogP contribution in [-0.2, 0) is 14.8 Å². The van der Waals surface area contributed by atoms with Crippen LogP contribution in [0.25, 0.3) is 0 Å². The first-order chi connectivity index (χ1) is 11.8. The summed E-state index contributed by atoms with van der Waals surface area (Å²) in [5.41, 5.74) is 0.992. The van der Waals surface area contributed by atoms with Gasteiger partial charge in [0.1, 0.15) is 6.04 Å². The minimum atomic E-state index is -3.73. The zero-order valence-corrected chi connectivity index (χ0v) is 16.1. The van der Waals surface area contributed by atoms with E-state index in [0.29, 0.717) is 19.5 Å². The van der Waals surface area contributed by atoms with E-state index in [9.17, 15) is 13.2 Å². The minimum absolute atomic E-state index is 0.131. The lowest BCUT2D eigenvalue weighted by atomic mass is 10.0. The van der Waals surface area contributed by atoms with Crippen LogP contribution in [0.15, 0.2) is 29.2 Å². The van der Waals surface area contributed by atoms with Gasteiger partial charge in [0.2, 0.25) is 15.9 Å². The maximum Gasteiger partial charge on any atom is 0.241 e. The molecule has 1 unspecified atom stereocenters. The molecule has 0 saturated carbocycles. The molecule has 1 fully saturated rings. The fraction of sp³-hybridized carbons (Fsp3) is 0.611. The summed E-state index contributed by atoms with van der Waals surface area (Å²) >= 11 is 0. The molecule has 1 saturated heterocycles. The summed E-state index contributed by atoms with van der Waals surface area (Å²) in [7, 11) is -3.73. The quantitative estimate of drug-likeness (QED) is 0.799. The zero-order valence-electron chi connectivity index (χ0n) is 15.3. The average Bonchev–Trinajstić information content (AvgIpc) is 2.82. The molecule has 140 valence electrons. The van der Waals surface area contributed by atoms with E-state index in [1.165, 1.54) is 0 Å². The molecule has 1 aliphatic rings. The number of sulfonamides is 1. The monoisotopic (exact) mass is 367 g/mol. The van der Waals surface area contributed by atoms with Gasteiger partial charge in [-0.05, 0) is 44.4 Å². The Morgan fingerprint density at radius 3 is 2.52 bits per heavy atom. The third-order valence-corrected chi connectivity index (χ3v) is 5.77. The highest BCUT2D eigenvalue weighted by Gasteiger charge is 2.30. The topological polar surface area (TPSA) is 78.5 Å². The average molecular weight is 368 g/mol. The fourth-order valence-corrected chi connectivity index (χ4v) is 4.13. The summed E-state index contributed by atoms with van der Waals surface area (Å²) in [5, 5.41) is 3.26. The second-order valence-corrected chi connectivity index (χ2v) is 8.76. The maximum absolute atomic E-state index is 12.9. The molecule has 0 spiro atoms. The number of nitrogens with zero attached hydrogens (tertiary/aromatic N) is 1. The van der Waals surface area contributed by atoms with Crippen LogP contribution in [0.5, 0.6) is 0 Å². The van der Waals surface area contributed by atoms with Gasteiger partial charge >= 0.3 is 0 Å². The third-order valence-electron chi connectivity index (χ3n) is 4.29. The van der Waals surface area contributed by atoms with E-state index in [-0.39, 0.29) is 16.7 Å². The predicted molar refractivity (Wildman–Crippen MR) is 98.8 cm³/mol. The van der Waals surface area contributed by atoms with Crippen LogP contribution in [0.2, 0.25) is 0 Å². The van der Waals surface area contributed by atoms with Crippen LogP contribution in [0.1, 0.15) is 32.3 Å². The largest absolute Gasteiger partial charge is 0.340 e. The molecule has 0 radical (unpaired) electrons. The number of hydrogen-bond acceptors (Lipinski definition) is 4. The number of carbonyl (C=O) groups excluding carboxylic acids is 1. The van der Waals surface area contributed by atoms with E-state index in [0.717, 1.165) is 25.1 Å². The van der Waals surface area contributed by atoms with E-state index >= 15 is 0 Å². The molecule has 6 nitrogen and oxygen atoms in total. The lowest BCUT2D eigenvalue weighted by Gasteiger charge is -2.27. The molecule has 7 heteroatoms. The lowest BCUT2D eigenvalue weighted by molar-refractivity contribution is -0.133. The van der Waals surface area contributed by atoms with Gasteiger partial charge in [-0.25, -0.2) is 8.42 Å². The van der Waals surface area contributed by atoms with Gasteiger partial charge in [0.25, 0.3) is 0 Å². The minimum Gasteiger partial charge on any atom is -0.340 e. The van der Waals surface area contributed by atoms with E-state index in [2.05, 4.69) is 10.0 Å². The van der Waals surface area contributed by atoms with Gasteiger partial charge in [0.15, 0.2) is 0 Å². The summed E-state index contributed by atoms with van der Waals surface area (Å²) in [6, 6.07) is 5.93. The molecule has 1 aromatic carbocycles. The zero-order chi connectivity index (χ0) is 18.4. The van der Waals surface area contributed by atoms with Crippen molar-refractivity contribution in [2.45, 2.75) is 44.6 Å². The molecule has 0 aromatic heterocycles. The fourth-order valence-electron chi connectivity index (χ4n) is 2.93. The van der Waals surface area contributed by atoms with Crippen LogP contribution in [0, 0.1) is 12.8 Å². The molecule has 0 bridgehead atoms. The summed E-state index contributed by atoms with van der Waals surface area (Å²) in [6.07, 6.45) is 1.36. The molecule has 0 aliphatic carbocycles. The Labute approximate surface area is 151 Å². The first kappa shape index (κ1) is 19.9. The van der Waals surface area contributed by atoms with Gasteiger partial charge in [-0.15, -0.1) is 0 Å². The third kappa shape index (κ3) is 5.80. The van der Waals surface area contributed by atoms with E-state index in [4.69, 9.17) is 0 Å². The van der Waals surface area contributed by atoms with Crippen LogP contribution in [0.4, 0.5) is 0 Å². The number of carbonyl (C=O) groups is 1. The van der Waals surface area contributed by atoms with Crippen LogP contribution in [-0.4, -0.2) is 51.4 Å². The molecular formula is C18H29N3O3S. The number of hydrogen-bond donors (Lipinski definition) is 2. The molecule has 1 amide bonds. The normalized spacial score (nSPS) is 17.4. The molecule has 1 aliphatic heterocycles. The Morgan fingerprint density at radius 1 is 1.20 bits per heavy atom. The van der Waals surface area contributed by atoms with Gasteiger partial charge in [-0.2, -0.15) is 4.72 Å². The Balaban J connectivity index is 2.18. The summed E-state index contributed by atoms with van der Waals surface area (Å²) < 4.78 is 28.0. The van der Waals surface area contributed by atoms with Crippen molar-refractivity contribution in [1.29, 1.82) is 0 Å². The standard InChI is InChI=1S/C18H29N3O3S/c1-14(2)13-17(18(22)21-11-4-9-19-10-12-21)20-25(23,24)16-7-5-15(3)6-8-16/h5-8,14,17,19-20H,4,9-13H2,1-3H3. The van der Waals surface area contributed by atoms with Crippen LogP contribution in [0.3, 0.4) is 0 Å². The van der Waals surface area contributed by atoms with Crippen molar-refractivity contribution in [3.05, 3.63) is 29.8 Å².